The maximum atomic E-state index is 5.74. The number of pyridine rings is 1. The lowest BCUT2D eigenvalue weighted by Crippen LogP contribution is -2.20. The zero-order valence-corrected chi connectivity index (χ0v) is 12.2. The Kier molecular flexibility index (Phi) is 3.83. The Bertz CT molecular complexity index is 703. The molecule has 1 aromatic carbocycles. The normalized spacial score (nSPS) is 11.2. The molecule has 5 heteroatoms. The summed E-state index contributed by atoms with van der Waals surface area (Å²) in [5.74, 6) is 0.597. The zero-order chi connectivity index (χ0) is 14.7. The molecular weight excluding hydrogens is 264 g/mol. The molecule has 0 saturated heterocycles. The molecule has 0 aliphatic heterocycles. The van der Waals surface area contributed by atoms with Crippen molar-refractivity contribution in [2.45, 2.75) is 0 Å². The lowest BCUT2D eigenvalue weighted by molar-refractivity contribution is 0.425. The number of anilines is 1. The van der Waals surface area contributed by atoms with Gasteiger partial charge in [-0.1, -0.05) is 6.07 Å². The Labute approximate surface area is 123 Å². The Balaban J connectivity index is 1.81. The van der Waals surface area contributed by atoms with Gasteiger partial charge < -0.3 is 14.6 Å². The molecule has 0 radical (unpaired) electrons. The number of hydrogen-bond acceptors (Lipinski definition) is 5. The summed E-state index contributed by atoms with van der Waals surface area (Å²) in [6, 6.07) is 11.8. The van der Waals surface area contributed by atoms with Crippen LogP contribution in [0.4, 0.5) is 5.69 Å². The first-order valence-electron chi connectivity index (χ1n) is 6.93. The largest absolute Gasteiger partial charge is 0.434 e. The fourth-order valence-electron chi connectivity index (χ4n) is 2.08. The maximum Gasteiger partial charge on any atom is 0.228 e. The van der Waals surface area contributed by atoms with Crippen LogP contribution in [0.1, 0.15) is 0 Å². The maximum absolute atomic E-state index is 5.74. The van der Waals surface area contributed by atoms with Crippen LogP contribution in [0.5, 0.6) is 0 Å². The van der Waals surface area contributed by atoms with Crippen molar-refractivity contribution < 1.29 is 4.42 Å². The quantitative estimate of drug-likeness (QED) is 0.780. The molecule has 108 valence electrons. The van der Waals surface area contributed by atoms with Crippen molar-refractivity contribution in [3.8, 4) is 11.5 Å². The minimum atomic E-state index is 0.597. The number of likely N-dealkylation sites (N-methyl/N-ethyl adjacent to an activating group) is 1. The van der Waals surface area contributed by atoms with Gasteiger partial charge in [0.05, 0.1) is 0 Å². The van der Waals surface area contributed by atoms with Crippen LogP contribution in [-0.4, -0.2) is 42.1 Å². The van der Waals surface area contributed by atoms with Crippen molar-refractivity contribution in [1.82, 2.24) is 14.9 Å². The highest BCUT2D eigenvalue weighted by Crippen LogP contribution is 2.25. The van der Waals surface area contributed by atoms with Crippen molar-refractivity contribution in [3.63, 3.8) is 0 Å². The van der Waals surface area contributed by atoms with Gasteiger partial charge in [0.15, 0.2) is 11.2 Å². The third-order valence-corrected chi connectivity index (χ3v) is 3.16. The summed E-state index contributed by atoms with van der Waals surface area (Å²) in [6.45, 7) is 1.88. The van der Waals surface area contributed by atoms with E-state index in [0.717, 1.165) is 24.3 Å². The Morgan fingerprint density at radius 3 is 2.90 bits per heavy atom. The first-order chi connectivity index (χ1) is 10.2. The minimum Gasteiger partial charge on any atom is -0.434 e. The van der Waals surface area contributed by atoms with Crippen LogP contribution < -0.4 is 5.32 Å². The van der Waals surface area contributed by atoms with Crippen LogP contribution in [0.25, 0.3) is 22.7 Å². The van der Waals surface area contributed by atoms with Crippen LogP contribution in [0.3, 0.4) is 0 Å². The summed E-state index contributed by atoms with van der Waals surface area (Å²) in [6.07, 6.45) is 1.72. The number of hydrogen-bond donors (Lipinski definition) is 1. The van der Waals surface area contributed by atoms with Gasteiger partial charge in [-0.25, -0.2) is 4.98 Å². The SMILES string of the molecule is CN(C)CCNc1cccc(-c2nc3ncccc3o2)c1. The van der Waals surface area contributed by atoms with Crippen LogP contribution >= 0.6 is 0 Å². The minimum absolute atomic E-state index is 0.597. The monoisotopic (exact) mass is 282 g/mol. The third-order valence-electron chi connectivity index (χ3n) is 3.16. The van der Waals surface area contributed by atoms with Gasteiger partial charge in [-0.05, 0) is 44.4 Å². The van der Waals surface area contributed by atoms with E-state index in [1.165, 1.54) is 0 Å². The fraction of sp³-hybridized carbons (Fsp3) is 0.250. The molecule has 0 fully saturated rings. The van der Waals surface area contributed by atoms with Crippen LogP contribution in [0, 0.1) is 0 Å². The average molecular weight is 282 g/mol. The molecule has 1 N–H and O–H groups in total. The van der Waals surface area contributed by atoms with Crippen molar-refractivity contribution in [2.75, 3.05) is 32.5 Å². The molecule has 0 amide bonds. The third kappa shape index (κ3) is 3.20. The molecule has 2 aromatic heterocycles. The van der Waals surface area contributed by atoms with Gasteiger partial charge in [0.2, 0.25) is 5.89 Å². The average Bonchev–Trinajstić information content (AvgIpc) is 2.91. The van der Waals surface area contributed by atoms with Gasteiger partial charge in [-0.3, -0.25) is 0 Å². The smallest absolute Gasteiger partial charge is 0.228 e. The molecular formula is C16H18N4O. The highest BCUT2D eigenvalue weighted by molar-refractivity contribution is 5.73. The van der Waals surface area contributed by atoms with Crippen LogP contribution in [0.15, 0.2) is 47.0 Å². The van der Waals surface area contributed by atoms with Crippen molar-refractivity contribution in [2.24, 2.45) is 0 Å². The van der Waals surface area contributed by atoms with Gasteiger partial charge in [0.1, 0.15) is 0 Å². The summed E-state index contributed by atoms with van der Waals surface area (Å²) in [5, 5.41) is 3.39. The first-order valence-corrected chi connectivity index (χ1v) is 6.93. The van der Waals surface area contributed by atoms with Gasteiger partial charge in [0.25, 0.3) is 0 Å². The van der Waals surface area contributed by atoms with Crippen molar-refractivity contribution in [3.05, 3.63) is 42.6 Å². The predicted octanol–water partition coefficient (Wildman–Crippen LogP) is 2.86. The molecule has 21 heavy (non-hydrogen) atoms. The molecule has 0 spiro atoms. The first kappa shape index (κ1) is 13.6. The van der Waals surface area contributed by atoms with E-state index in [-0.39, 0.29) is 0 Å². The van der Waals surface area contributed by atoms with E-state index in [1.54, 1.807) is 6.20 Å². The van der Waals surface area contributed by atoms with E-state index < -0.39 is 0 Å². The lowest BCUT2D eigenvalue weighted by atomic mass is 10.2. The zero-order valence-electron chi connectivity index (χ0n) is 12.2. The molecule has 0 aliphatic carbocycles. The molecule has 0 bridgehead atoms. The van der Waals surface area contributed by atoms with Crippen LogP contribution in [-0.2, 0) is 0 Å². The van der Waals surface area contributed by atoms with Gasteiger partial charge in [-0.2, -0.15) is 4.98 Å². The van der Waals surface area contributed by atoms with Gasteiger partial charge in [-0.15, -0.1) is 0 Å². The second-order valence-corrected chi connectivity index (χ2v) is 5.16. The number of fused-ring (bicyclic) bond motifs is 1. The van der Waals surface area contributed by atoms with E-state index in [2.05, 4.69) is 34.3 Å². The summed E-state index contributed by atoms with van der Waals surface area (Å²) >= 11 is 0. The summed E-state index contributed by atoms with van der Waals surface area (Å²) in [4.78, 5) is 10.8. The van der Waals surface area contributed by atoms with E-state index in [4.69, 9.17) is 4.42 Å². The molecule has 0 aliphatic rings. The Morgan fingerprint density at radius 2 is 2.10 bits per heavy atom. The Morgan fingerprint density at radius 1 is 1.19 bits per heavy atom. The molecule has 0 saturated carbocycles. The molecule has 2 heterocycles. The molecule has 3 rings (SSSR count). The van der Waals surface area contributed by atoms with E-state index >= 15 is 0 Å². The number of oxazole rings is 1. The van der Waals surface area contributed by atoms with Crippen molar-refractivity contribution >= 4 is 16.9 Å². The second kappa shape index (κ2) is 5.93. The molecule has 0 atom stereocenters. The van der Waals surface area contributed by atoms with E-state index in [0.29, 0.717) is 17.1 Å². The molecule has 5 nitrogen and oxygen atoms in total. The topological polar surface area (TPSA) is 54.2 Å². The highest BCUT2D eigenvalue weighted by atomic mass is 16.3. The van der Waals surface area contributed by atoms with E-state index in [9.17, 15) is 0 Å². The number of nitrogens with one attached hydrogen (secondary N) is 1. The summed E-state index contributed by atoms with van der Waals surface area (Å²) in [7, 11) is 4.12. The summed E-state index contributed by atoms with van der Waals surface area (Å²) in [5.41, 5.74) is 3.35. The number of aromatic nitrogens is 2. The molecule has 3 aromatic rings. The second-order valence-electron chi connectivity index (χ2n) is 5.16. The predicted molar refractivity (Wildman–Crippen MR) is 84.3 cm³/mol. The molecule has 0 unspecified atom stereocenters. The van der Waals surface area contributed by atoms with Gasteiger partial charge in [0, 0.05) is 30.5 Å². The summed E-state index contributed by atoms with van der Waals surface area (Å²) < 4.78 is 5.74. The fourth-order valence-corrected chi connectivity index (χ4v) is 2.08. The lowest BCUT2D eigenvalue weighted by Gasteiger charge is -2.11. The number of rotatable bonds is 5. The number of nitrogens with zero attached hydrogens (tertiary/aromatic N) is 3. The van der Waals surface area contributed by atoms with Gasteiger partial charge >= 0.3 is 0 Å². The number of benzene rings is 1. The standard InChI is InChI=1S/C16H18N4O/c1-20(2)10-9-17-13-6-3-5-12(11-13)16-19-15-14(21-16)7-4-8-18-15/h3-8,11,17H,9-10H2,1-2H3. The van der Waals surface area contributed by atoms with Crippen LogP contribution in [0.2, 0.25) is 0 Å². The Hall–Kier alpha value is -2.40. The van der Waals surface area contributed by atoms with Crippen molar-refractivity contribution in [1.29, 1.82) is 0 Å². The highest BCUT2D eigenvalue weighted by Gasteiger charge is 2.08. The van der Waals surface area contributed by atoms with E-state index in [1.807, 2.05) is 36.4 Å².